The van der Waals surface area contributed by atoms with Crippen LogP contribution in [-0.2, 0) is 29.0 Å². The maximum atomic E-state index is 12.2. The van der Waals surface area contributed by atoms with Crippen molar-refractivity contribution < 1.29 is 9.53 Å². The SMILES string of the molecule is CCc1nnc2n1CCN(C(=O)[C@H](CC)OC)C2. The number of ether oxygens (including phenoxy) is 1. The topological polar surface area (TPSA) is 60.2 Å². The lowest BCUT2D eigenvalue weighted by Gasteiger charge is -2.30. The Morgan fingerprint density at radius 2 is 2.17 bits per heavy atom. The number of methoxy groups -OCH3 is 1. The number of rotatable bonds is 4. The van der Waals surface area contributed by atoms with Crippen molar-refractivity contribution in [2.75, 3.05) is 13.7 Å². The highest BCUT2D eigenvalue weighted by molar-refractivity contribution is 5.80. The number of aromatic nitrogens is 3. The molecule has 0 spiro atoms. The number of nitrogens with zero attached hydrogens (tertiary/aromatic N) is 4. The van der Waals surface area contributed by atoms with E-state index >= 15 is 0 Å². The Hall–Kier alpha value is -1.43. The monoisotopic (exact) mass is 252 g/mol. The molecule has 0 fully saturated rings. The Kier molecular flexibility index (Phi) is 3.96. The van der Waals surface area contributed by atoms with Crippen molar-refractivity contribution in [1.29, 1.82) is 0 Å². The standard InChI is InChI=1S/C12H20N4O2/c1-4-9(18-3)12(17)15-6-7-16-10(5-2)13-14-11(16)8-15/h9H,4-8H2,1-3H3/t9-/m0/s1. The van der Waals surface area contributed by atoms with E-state index in [1.54, 1.807) is 12.0 Å². The predicted molar refractivity (Wildman–Crippen MR) is 65.9 cm³/mol. The fourth-order valence-corrected chi connectivity index (χ4v) is 2.31. The predicted octanol–water partition coefficient (Wildman–Crippen LogP) is 0.608. The van der Waals surface area contributed by atoms with Gasteiger partial charge in [-0.05, 0) is 6.42 Å². The maximum Gasteiger partial charge on any atom is 0.252 e. The van der Waals surface area contributed by atoms with E-state index in [2.05, 4.69) is 21.7 Å². The van der Waals surface area contributed by atoms with Crippen LogP contribution >= 0.6 is 0 Å². The summed E-state index contributed by atoms with van der Waals surface area (Å²) in [5, 5.41) is 8.29. The minimum Gasteiger partial charge on any atom is -0.372 e. The highest BCUT2D eigenvalue weighted by atomic mass is 16.5. The van der Waals surface area contributed by atoms with Crippen LogP contribution in [0.3, 0.4) is 0 Å². The van der Waals surface area contributed by atoms with E-state index in [9.17, 15) is 4.79 Å². The zero-order valence-electron chi connectivity index (χ0n) is 11.2. The van der Waals surface area contributed by atoms with Gasteiger partial charge in [0.05, 0.1) is 6.54 Å². The second-order valence-corrected chi connectivity index (χ2v) is 4.43. The van der Waals surface area contributed by atoms with Crippen molar-refractivity contribution in [3.63, 3.8) is 0 Å². The number of hydrogen-bond donors (Lipinski definition) is 0. The summed E-state index contributed by atoms with van der Waals surface area (Å²) in [5.41, 5.74) is 0. The highest BCUT2D eigenvalue weighted by Gasteiger charge is 2.28. The van der Waals surface area contributed by atoms with Gasteiger partial charge in [-0.3, -0.25) is 4.79 Å². The van der Waals surface area contributed by atoms with Gasteiger partial charge in [0.2, 0.25) is 0 Å². The molecule has 0 N–H and O–H groups in total. The molecule has 2 heterocycles. The average molecular weight is 252 g/mol. The van der Waals surface area contributed by atoms with E-state index in [-0.39, 0.29) is 12.0 Å². The van der Waals surface area contributed by atoms with Crippen LogP contribution in [0.1, 0.15) is 31.9 Å². The van der Waals surface area contributed by atoms with Gasteiger partial charge in [0.25, 0.3) is 5.91 Å². The molecule has 1 aliphatic rings. The normalized spacial score (nSPS) is 16.5. The number of amides is 1. The zero-order chi connectivity index (χ0) is 13.1. The van der Waals surface area contributed by atoms with Gasteiger partial charge in [0, 0.05) is 26.6 Å². The molecule has 0 bridgehead atoms. The molecule has 0 saturated carbocycles. The lowest BCUT2D eigenvalue weighted by atomic mass is 10.2. The molecule has 0 radical (unpaired) electrons. The van der Waals surface area contributed by atoms with Gasteiger partial charge in [-0.15, -0.1) is 10.2 Å². The van der Waals surface area contributed by atoms with Crippen molar-refractivity contribution in [3.05, 3.63) is 11.6 Å². The summed E-state index contributed by atoms with van der Waals surface area (Å²) < 4.78 is 7.30. The summed E-state index contributed by atoms with van der Waals surface area (Å²) in [7, 11) is 1.58. The zero-order valence-corrected chi connectivity index (χ0v) is 11.2. The van der Waals surface area contributed by atoms with E-state index in [0.717, 1.165) is 24.6 Å². The van der Waals surface area contributed by atoms with Crippen LogP contribution in [-0.4, -0.2) is 45.3 Å². The Balaban J connectivity index is 2.10. The Morgan fingerprint density at radius 1 is 1.39 bits per heavy atom. The molecule has 1 atom stereocenters. The first-order chi connectivity index (χ1) is 8.71. The molecule has 0 aliphatic carbocycles. The van der Waals surface area contributed by atoms with Crippen LogP contribution in [0, 0.1) is 0 Å². The van der Waals surface area contributed by atoms with Crippen molar-refractivity contribution in [2.45, 2.75) is 45.9 Å². The van der Waals surface area contributed by atoms with E-state index < -0.39 is 0 Å². The fourth-order valence-electron chi connectivity index (χ4n) is 2.31. The molecule has 1 aromatic rings. The van der Waals surface area contributed by atoms with Gasteiger partial charge >= 0.3 is 0 Å². The van der Waals surface area contributed by atoms with E-state index in [4.69, 9.17) is 4.74 Å². The molecule has 1 aliphatic heterocycles. The molecule has 6 heteroatoms. The van der Waals surface area contributed by atoms with Crippen molar-refractivity contribution in [3.8, 4) is 0 Å². The lowest BCUT2D eigenvalue weighted by molar-refractivity contribution is -0.143. The molecular weight excluding hydrogens is 232 g/mol. The molecule has 0 unspecified atom stereocenters. The molecule has 0 aromatic carbocycles. The number of carbonyl (C=O) groups excluding carboxylic acids is 1. The Bertz CT molecular complexity index is 426. The second kappa shape index (κ2) is 5.48. The first-order valence-corrected chi connectivity index (χ1v) is 6.43. The summed E-state index contributed by atoms with van der Waals surface area (Å²) in [6.07, 6.45) is 1.22. The molecule has 18 heavy (non-hydrogen) atoms. The third kappa shape index (κ3) is 2.25. The van der Waals surface area contributed by atoms with Crippen molar-refractivity contribution >= 4 is 5.91 Å². The number of hydrogen-bond acceptors (Lipinski definition) is 4. The Morgan fingerprint density at radius 3 is 2.78 bits per heavy atom. The summed E-state index contributed by atoms with van der Waals surface area (Å²) in [5.74, 6) is 1.92. The van der Waals surface area contributed by atoms with Crippen LogP contribution in [0.15, 0.2) is 0 Å². The lowest BCUT2D eigenvalue weighted by Crippen LogP contribution is -2.44. The molecule has 0 saturated heterocycles. The molecular formula is C12H20N4O2. The summed E-state index contributed by atoms with van der Waals surface area (Å²) in [6, 6.07) is 0. The van der Waals surface area contributed by atoms with Gasteiger partial charge in [-0.25, -0.2) is 0 Å². The number of fused-ring (bicyclic) bond motifs is 1. The minimum absolute atomic E-state index is 0.0484. The van der Waals surface area contributed by atoms with E-state index in [0.29, 0.717) is 19.5 Å². The van der Waals surface area contributed by atoms with Gasteiger partial charge in [-0.2, -0.15) is 0 Å². The molecule has 1 amide bonds. The van der Waals surface area contributed by atoms with E-state index in [1.807, 2.05) is 6.92 Å². The number of carbonyl (C=O) groups is 1. The smallest absolute Gasteiger partial charge is 0.252 e. The summed E-state index contributed by atoms with van der Waals surface area (Å²) >= 11 is 0. The van der Waals surface area contributed by atoms with Gasteiger partial charge in [0.1, 0.15) is 11.9 Å². The highest BCUT2D eigenvalue weighted by Crippen LogP contribution is 2.15. The minimum atomic E-state index is -0.342. The van der Waals surface area contributed by atoms with Crippen LogP contribution in [0.5, 0.6) is 0 Å². The second-order valence-electron chi connectivity index (χ2n) is 4.43. The van der Waals surface area contributed by atoms with Gasteiger partial charge in [0.15, 0.2) is 5.82 Å². The summed E-state index contributed by atoms with van der Waals surface area (Å²) in [4.78, 5) is 14.0. The first kappa shape index (κ1) is 13.0. The van der Waals surface area contributed by atoms with Crippen LogP contribution in [0.4, 0.5) is 0 Å². The molecule has 2 rings (SSSR count). The van der Waals surface area contributed by atoms with Crippen LogP contribution in [0.25, 0.3) is 0 Å². The van der Waals surface area contributed by atoms with Crippen molar-refractivity contribution in [1.82, 2.24) is 19.7 Å². The molecule has 6 nitrogen and oxygen atoms in total. The van der Waals surface area contributed by atoms with Gasteiger partial charge < -0.3 is 14.2 Å². The largest absolute Gasteiger partial charge is 0.372 e. The fraction of sp³-hybridized carbons (Fsp3) is 0.750. The number of aryl methyl sites for hydroxylation is 1. The first-order valence-electron chi connectivity index (χ1n) is 6.43. The van der Waals surface area contributed by atoms with Crippen LogP contribution in [0.2, 0.25) is 0 Å². The third-order valence-electron chi connectivity index (χ3n) is 3.39. The Labute approximate surface area is 107 Å². The average Bonchev–Trinajstić information content (AvgIpc) is 2.81. The molecule has 1 aromatic heterocycles. The quantitative estimate of drug-likeness (QED) is 0.787. The maximum absolute atomic E-state index is 12.2. The van der Waals surface area contributed by atoms with Crippen molar-refractivity contribution in [2.24, 2.45) is 0 Å². The van der Waals surface area contributed by atoms with Gasteiger partial charge in [-0.1, -0.05) is 13.8 Å². The third-order valence-corrected chi connectivity index (χ3v) is 3.39. The van der Waals surface area contributed by atoms with E-state index in [1.165, 1.54) is 0 Å². The molecule has 100 valence electrons. The summed E-state index contributed by atoms with van der Waals surface area (Å²) in [6.45, 7) is 6.03. The van der Waals surface area contributed by atoms with Crippen LogP contribution < -0.4 is 0 Å².